The summed E-state index contributed by atoms with van der Waals surface area (Å²) < 4.78 is 0. The molecule has 1 aliphatic rings. The molecule has 0 unspecified atom stereocenters. The second-order valence-corrected chi connectivity index (χ2v) is 4.99. The third kappa shape index (κ3) is 2.91. The fourth-order valence-corrected chi connectivity index (χ4v) is 2.32. The number of hydrogen-bond donors (Lipinski definition) is 2. The van der Waals surface area contributed by atoms with Crippen LogP contribution in [-0.2, 0) is 4.79 Å². The summed E-state index contributed by atoms with van der Waals surface area (Å²) in [5.74, 6) is 0.0725. The average Bonchev–Trinajstić information content (AvgIpc) is 2.54. The zero-order chi connectivity index (χ0) is 13.1. The van der Waals surface area contributed by atoms with E-state index < -0.39 is 0 Å². The number of nitrogens with two attached hydrogens (primary N) is 1. The van der Waals surface area contributed by atoms with E-state index in [0.29, 0.717) is 29.5 Å². The number of carbonyl (C=O) groups is 1. The molecule has 1 aromatic carbocycles. The van der Waals surface area contributed by atoms with Crippen molar-refractivity contribution in [2.24, 2.45) is 5.73 Å². The minimum atomic E-state index is 0.0725. The molecular formula is C12H14ClN3OS. The van der Waals surface area contributed by atoms with E-state index in [2.05, 4.69) is 10.2 Å². The molecule has 0 spiro atoms. The molecule has 1 amide bonds. The molecule has 4 nitrogen and oxygen atoms in total. The van der Waals surface area contributed by atoms with E-state index in [0.717, 1.165) is 17.8 Å². The van der Waals surface area contributed by atoms with E-state index in [4.69, 9.17) is 29.6 Å². The summed E-state index contributed by atoms with van der Waals surface area (Å²) >= 11 is 11.0. The van der Waals surface area contributed by atoms with Gasteiger partial charge in [0.25, 0.3) is 0 Å². The van der Waals surface area contributed by atoms with Crippen molar-refractivity contribution >= 4 is 40.4 Å². The van der Waals surface area contributed by atoms with Crippen molar-refractivity contribution < 1.29 is 4.79 Å². The molecule has 1 saturated heterocycles. The number of thiocarbonyl (C=S) groups is 1. The molecule has 96 valence electrons. The van der Waals surface area contributed by atoms with E-state index in [-0.39, 0.29) is 5.91 Å². The highest BCUT2D eigenvalue weighted by atomic mass is 35.5. The van der Waals surface area contributed by atoms with Gasteiger partial charge in [0.15, 0.2) is 0 Å². The van der Waals surface area contributed by atoms with E-state index >= 15 is 0 Å². The van der Waals surface area contributed by atoms with Gasteiger partial charge in [-0.25, -0.2) is 0 Å². The maximum atomic E-state index is 11.3. The Labute approximate surface area is 116 Å². The van der Waals surface area contributed by atoms with E-state index in [9.17, 15) is 4.79 Å². The van der Waals surface area contributed by atoms with Gasteiger partial charge in [0, 0.05) is 42.3 Å². The first-order valence-electron chi connectivity index (χ1n) is 5.69. The van der Waals surface area contributed by atoms with Crippen LogP contribution in [0, 0.1) is 0 Å². The number of hydrogen-bond acceptors (Lipinski definition) is 3. The Bertz CT molecular complexity index is 492. The lowest BCUT2D eigenvalue weighted by molar-refractivity contribution is -0.120. The van der Waals surface area contributed by atoms with E-state index in [1.807, 2.05) is 6.07 Å². The van der Waals surface area contributed by atoms with Crippen LogP contribution in [0.1, 0.15) is 12.0 Å². The summed E-state index contributed by atoms with van der Waals surface area (Å²) in [4.78, 5) is 13.7. The number of nitrogens with zero attached hydrogens (tertiary/aromatic N) is 1. The molecule has 0 atom stereocenters. The Morgan fingerprint density at radius 2 is 2.22 bits per heavy atom. The van der Waals surface area contributed by atoms with Crippen LogP contribution in [0.25, 0.3) is 0 Å². The van der Waals surface area contributed by atoms with Crippen LogP contribution in [0.2, 0.25) is 5.02 Å². The maximum Gasteiger partial charge on any atom is 0.221 e. The molecule has 18 heavy (non-hydrogen) atoms. The van der Waals surface area contributed by atoms with Crippen LogP contribution in [0.15, 0.2) is 18.2 Å². The third-order valence-corrected chi connectivity index (χ3v) is 3.33. The Morgan fingerprint density at radius 1 is 1.44 bits per heavy atom. The van der Waals surface area contributed by atoms with Gasteiger partial charge in [-0.05, 0) is 18.2 Å². The SMILES string of the molecule is NC(=S)c1cc(Cl)ccc1N1CCNC(=O)CC1. The lowest BCUT2D eigenvalue weighted by atomic mass is 10.1. The van der Waals surface area contributed by atoms with Gasteiger partial charge in [0.2, 0.25) is 5.91 Å². The molecule has 0 aromatic heterocycles. The number of nitrogens with one attached hydrogen (secondary N) is 1. The predicted molar refractivity (Wildman–Crippen MR) is 77.2 cm³/mol. The number of benzene rings is 1. The topological polar surface area (TPSA) is 58.4 Å². The molecule has 1 heterocycles. The summed E-state index contributed by atoms with van der Waals surface area (Å²) in [6, 6.07) is 5.46. The number of anilines is 1. The zero-order valence-corrected chi connectivity index (χ0v) is 11.4. The Balaban J connectivity index is 2.31. The van der Waals surface area contributed by atoms with Gasteiger partial charge >= 0.3 is 0 Å². The highest BCUT2D eigenvalue weighted by Crippen LogP contribution is 2.25. The van der Waals surface area contributed by atoms with Gasteiger partial charge in [-0.2, -0.15) is 0 Å². The number of halogens is 1. The molecule has 1 aromatic rings. The second-order valence-electron chi connectivity index (χ2n) is 4.11. The van der Waals surface area contributed by atoms with Gasteiger partial charge in [0.05, 0.1) is 0 Å². The second kappa shape index (κ2) is 5.54. The zero-order valence-electron chi connectivity index (χ0n) is 9.78. The van der Waals surface area contributed by atoms with Crippen molar-refractivity contribution in [1.29, 1.82) is 0 Å². The summed E-state index contributed by atoms with van der Waals surface area (Å²) in [5.41, 5.74) is 7.41. The normalized spacial score (nSPS) is 16.1. The molecular weight excluding hydrogens is 270 g/mol. The van der Waals surface area contributed by atoms with E-state index in [1.165, 1.54) is 0 Å². The van der Waals surface area contributed by atoms with E-state index in [1.54, 1.807) is 12.1 Å². The highest BCUT2D eigenvalue weighted by Gasteiger charge is 2.17. The summed E-state index contributed by atoms with van der Waals surface area (Å²) in [7, 11) is 0. The van der Waals surface area contributed by atoms with Crippen molar-refractivity contribution in [3.8, 4) is 0 Å². The van der Waals surface area contributed by atoms with Crippen molar-refractivity contribution in [3.05, 3.63) is 28.8 Å². The standard InChI is InChI=1S/C12H14ClN3OS/c13-8-1-2-10(9(7-8)12(14)18)16-5-3-11(17)15-4-6-16/h1-2,7H,3-6H2,(H2,14,18)(H,15,17). The summed E-state index contributed by atoms with van der Waals surface area (Å²) in [5, 5.41) is 3.44. The molecule has 0 bridgehead atoms. The first-order chi connectivity index (χ1) is 8.58. The lowest BCUT2D eigenvalue weighted by Crippen LogP contribution is -2.30. The van der Waals surface area contributed by atoms with Crippen molar-refractivity contribution in [1.82, 2.24) is 5.32 Å². The number of rotatable bonds is 2. The van der Waals surface area contributed by atoms with Gasteiger partial charge in [-0.3, -0.25) is 4.79 Å². The number of carbonyl (C=O) groups excluding carboxylic acids is 1. The van der Waals surface area contributed by atoms with Crippen LogP contribution >= 0.6 is 23.8 Å². The molecule has 6 heteroatoms. The van der Waals surface area contributed by atoms with Crippen LogP contribution in [-0.4, -0.2) is 30.5 Å². The van der Waals surface area contributed by atoms with Gasteiger partial charge in [0.1, 0.15) is 4.99 Å². The molecule has 0 radical (unpaired) electrons. The van der Waals surface area contributed by atoms with Gasteiger partial charge in [-0.15, -0.1) is 0 Å². The van der Waals surface area contributed by atoms with Crippen molar-refractivity contribution in [3.63, 3.8) is 0 Å². The number of amides is 1. The smallest absolute Gasteiger partial charge is 0.221 e. The third-order valence-electron chi connectivity index (χ3n) is 2.88. The maximum absolute atomic E-state index is 11.3. The van der Waals surface area contributed by atoms with Crippen LogP contribution in [0.5, 0.6) is 0 Å². The Hall–Kier alpha value is -1.33. The van der Waals surface area contributed by atoms with Crippen LogP contribution in [0.4, 0.5) is 5.69 Å². The predicted octanol–water partition coefficient (Wildman–Crippen LogP) is 1.30. The van der Waals surface area contributed by atoms with Gasteiger partial charge in [-0.1, -0.05) is 23.8 Å². The highest BCUT2D eigenvalue weighted by molar-refractivity contribution is 7.80. The molecule has 3 N–H and O–H groups in total. The first kappa shape index (κ1) is 13.1. The fraction of sp³-hybridized carbons (Fsp3) is 0.333. The molecule has 0 saturated carbocycles. The van der Waals surface area contributed by atoms with Crippen LogP contribution < -0.4 is 16.0 Å². The fourth-order valence-electron chi connectivity index (χ4n) is 1.99. The van der Waals surface area contributed by atoms with Gasteiger partial charge < -0.3 is 16.0 Å². The average molecular weight is 284 g/mol. The first-order valence-corrected chi connectivity index (χ1v) is 6.47. The Kier molecular flexibility index (Phi) is 4.04. The minimum Gasteiger partial charge on any atom is -0.389 e. The largest absolute Gasteiger partial charge is 0.389 e. The molecule has 2 rings (SSSR count). The minimum absolute atomic E-state index is 0.0725. The monoisotopic (exact) mass is 283 g/mol. The van der Waals surface area contributed by atoms with Crippen molar-refractivity contribution in [2.75, 3.05) is 24.5 Å². The molecule has 1 fully saturated rings. The van der Waals surface area contributed by atoms with Crippen molar-refractivity contribution in [2.45, 2.75) is 6.42 Å². The molecule has 1 aliphatic heterocycles. The van der Waals surface area contributed by atoms with Crippen LogP contribution in [0.3, 0.4) is 0 Å². The lowest BCUT2D eigenvalue weighted by Gasteiger charge is -2.24. The molecule has 0 aliphatic carbocycles. The quantitative estimate of drug-likeness (QED) is 0.804. The Morgan fingerprint density at radius 3 is 2.94 bits per heavy atom. The summed E-state index contributed by atoms with van der Waals surface area (Å²) in [6.07, 6.45) is 0.472. The summed E-state index contributed by atoms with van der Waals surface area (Å²) in [6.45, 7) is 2.02.